The Bertz CT molecular complexity index is 3410. The molecule has 0 radical (unpaired) electrons. The van der Waals surface area contributed by atoms with Gasteiger partial charge in [-0.1, -0.05) is 94.3 Å². The fourth-order valence-corrected chi connectivity index (χ4v) is 10.6. The van der Waals surface area contributed by atoms with Crippen molar-refractivity contribution in [1.29, 1.82) is 0 Å². The van der Waals surface area contributed by atoms with Gasteiger partial charge in [0.05, 0.1) is 44.4 Å². The van der Waals surface area contributed by atoms with E-state index in [4.69, 9.17) is 23.6 Å². The van der Waals surface area contributed by atoms with Crippen LogP contribution in [0.15, 0.2) is 107 Å². The number of rotatable bonds is 12. The maximum Gasteiger partial charge on any atom is 0.407 e. The molecule has 2 saturated heterocycles. The molecule has 2 aliphatic heterocycles. The first-order chi connectivity index (χ1) is 36.2. The average Bonchev–Trinajstić information content (AvgIpc) is 4.27. The highest BCUT2D eigenvalue weighted by atomic mass is 32.2. The SMILES string of the molecule is COC(=O)N[C@H](C(=O)N1CCC[C@H]1c1ncc(C#CC#Cc2ccc(-c3cnc([C@@H]4CCCN4C(=O)[C@@H](NC(=O)OC)C(C)C)[nH]3)cc2-c2ccccc2)[nH]1)C(C)C.O=S(=O)(O)c1cccc2c(S(=O)(=O)O)cccc12. The summed E-state index contributed by atoms with van der Waals surface area (Å²) in [6, 6.07) is 21.6. The molecule has 0 bridgehead atoms. The number of likely N-dealkylation sites (tertiary alicyclic amines) is 2. The standard InChI is InChI=1S/C44H50N8O6.C10H8O6S2/c1-27(2)37(49-43(55)57-5)41(53)51-22-12-18-35(51)39-45-25-32(47-39)17-11-10-16-30-20-21-31(24-33(30)29-14-8-7-9-15-29)34-26-46-40(48-34)36-19-13-23-52(36)42(54)38(28(3)4)50-44(56)58-6;11-17(12,13)9-5-1-3-7-8(9)4-2-6-10(7)18(14,15)16/h7-9,14-15,20-21,24-28,35-38H,12-13,18-19,22-23H2,1-6H3,(H,45,47)(H,46,48)(H,49,55)(H,50,56);1-6H,(H,11,12,13)(H,14,15,16)/t35-,36-,37-,38-;/m0./s1. The molecule has 6 N–H and O–H groups in total. The third kappa shape index (κ3) is 13.1. The molecule has 398 valence electrons. The first kappa shape index (κ1) is 55.7. The summed E-state index contributed by atoms with van der Waals surface area (Å²) in [5.74, 6) is 13.0. The zero-order chi connectivity index (χ0) is 54.9. The summed E-state index contributed by atoms with van der Waals surface area (Å²) in [6.45, 7) is 8.67. The quantitative estimate of drug-likeness (QED) is 0.0519. The molecule has 4 heterocycles. The predicted molar refractivity (Wildman–Crippen MR) is 281 cm³/mol. The Labute approximate surface area is 440 Å². The number of carbonyl (C=O) groups is 4. The second-order valence-electron chi connectivity index (χ2n) is 18.6. The lowest BCUT2D eigenvalue weighted by Crippen LogP contribution is -2.51. The van der Waals surface area contributed by atoms with E-state index in [0.717, 1.165) is 65.8 Å². The Morgan fingerprint density at radius 1 is 0.645 bits per heavy atom. The van der Waals surface area contributed by atoms with Crippen molar-refractivity contribution in [2.45, 2.75) is 87.3 Å². The van der Waals surface area contributed by atoms with Crippen LogP contribution in [0.3, 0.4) is 0 Å². The first-order valence-corrected chi connectivity index (χ1v) is 27.2. The van der Waals surface area contributed by atoms with Gasteiger partial charge in [0.15, 0.2) is 0 Å². The number of aromatic amines is 2. The Balaban J connectivity index is 0.000000392. The molecule has 0 spiro atoms. The highest BCUT2D eigenvalue weighted by molar-refractivity contribution is 7.86. The van der Waals surface area contributed by atoms with Gasteiger partial charge in [0.25, 0.3) is 20.2 Å². The number of benzene rings is 4. The van der Waals surface area contributed by atoms with Crippen molar-refractivity contribution < 1.29 is 54.6 Å². The van der Waals surface area contributed by atoms with Gasteiger partial charge >= 0.3 is 12.2 Å². The molecule has 4 amide bonds. The lowest BCUT2D eigenvalue weighted by molar-refractivity contribution is -0.136. The second kappa shape index (κ2) is 24.1. The smallest absolute Gasteiger partial charge is 0.407 e. The van der Waals surface area contributed by atoms with Crippen LogP contribution in [0.5, 0.6) is 0 Å². The zero-order valence-electron chi connectivity index (χ0n) is 42.5. The minimum absolute atomic E-state index is 0.0233. The third-order valence-corrected chi connectivity index (χ3v) is 14.8. The third-order valence-electron chi connectivity index (χ3n) is 12.9. The maximum atomic E-state index is 13.7. The predicted octanol–water partition coefficient (Wildman–Crippen LogP) is 7.29. The van der Waals surface area contributed by atoms with E-state index < -0.39 is 54.3 Å². The van der Waals surface area contributed by atoms with E-state index in [9.17, 15) is 36.0 Å². The van der Waals surface area contributed by atoms with Gasteiger partial charge in [0.1, 0.15) is 39.2 Å². The van der Waals surface area contributed by atoms with Crippen molar-refractivity contribution in [3.8, 4) is 46.1 Å². The number of imidazole rings is 2. The number of hydrogen-bond acceptors (Lipinski definition) is 12. The molecule has 0 saturated carbocycles. The van der Waals surface area contributed by atoms with Gasteiger partial charge in [-0.05, 0) is 90.7 Å². The van der Waals surface area contributed by atoms with Crippen LogP contribution in [-0.2, 0) is 39.3 Å². The van der Waals surface area contributed by atoms with Crippen molar-refractivity contribution in [2.24, 2.45) is 11.8 Å². The molecule has 2 aromatic heterocycles. The molecule has 0 unspecified atom stereocenters. The van der Waals surface area contributed by atoms with Gasteiger partial charge in [0.2, 0.25) is 11.8 Å². The Morgan fingerprint density at radius 2 is 1.14 bits per heavy atom. The van der Waals surface area contributed by atoms with Gasteiger partial charge in [-0.3, -0.25) is 18.7 Å². The molecule has 2 fully saturated rings. The van der Waals surface area contributed by atoms with Crippen LogP contribution in [-0.4, -0.2) is 119 Å². The number of aromatic nitrogens is 4. The van der Waals surface area contributed by atoms with Gasteiger partial charge in [-0.25, -0.2) is 19.6 Å². The van der Waals surface area contributed by atoms with E-state index in [-0.39, 0.29) is 46.5 Å². The van der Waals surface area contributed by atoms with E-state index in [1.54, 1.807) is 22.2 Å². The molecule has 76 heavy (non-hydrogen) atoms. The second-order valence-corrected chi connectivity index (χ2v) is 21.4. The van der Waals surface area contributed by atoms with Gasteiger partial charge in [0, 0.05) is 35.0 Å². The average molecular weight is 1080 g/mol. The highest BCUT2D eigenvalue weighted by Crippen LogP contribution is 2.35. The number of alkyl carbamates (subject to hydrolysis) is 2. The first-order valence-electron chi connectivity index (χ1n) is 24.3. The van der Waals surface area contributed by atoms with Crippen molar-refractivity contribution in [1.82, 2.24) is 40.4 Å². The number of nitrogens with one attached hydrogen (secondary N) is 4. The summed E-state index contributed by atoms with van der Waals surface area (Å²) >= 11 is 0. The van der Waals surface area contributed by atoms with Crippen LogP contribution in [0.1, 0.15) is 88.4 Å². The normalized spacial score (nSPS) is 16.1. The number of H-pyrrole nitrogens is 2. The van der Waals surface area contributed by atoms with Crippen molar-refractivity contribution in [3.63, 3.8) is 0 Å². The number of carbonyl (C=O) groups excluding carboxylic acids is 4. The topological polar surface area (TPSA) is 283 Å². The molecular formula is C54H58N8O12S2. The summed E-state index contributed by atoms with van der Waals surface area (Å²) in [4.78, 5) is 69.8. The number of methoxy groups -OCH3 is 2. The molecule has 6 aromatic rings. The van der Waals surface area contributed by atoms with Crippen molar-refractivity contribution in [3.05, 3.63) is 120 Å². The van der Waals surface area contributed by atoms with E-state index in [1.807, 2.05) is 70.2 Å². The van der Waals surface area contributed by atoms with E-state index in [2.05, 4.69) is 55.3 Å². The van der Waals surface area contributed by atoms with Crippen molar-refractivity contribution in [2.75, 3.05) is 27.3 Å². The van der Waals surface area contributed by atoms with Crippen LogP contribution in [0.2, 0.25) is 0 Å². The summed E-state index contributed by atoms with van der Waals surface area (Å²) in [5, 5.41) is 5.41. The van der Waals surface area contributed by atoms with Gasteiger partial charge in [-0.15, -0.1) is 0 Å². The van der Waals surface area contributed by atoms with Crippen molar-refractivity contribution >= 4 is 55.0 Å². The van der Waals surface area contributed by atoms with Crippen LogP contribution < -0.4 is 10.6 Å². The van der Waals surface area contributed by atoms with E-state index >= 15 is 0 Å². The minimum atomic E-state index is -4.47. The van der Waals surface area contributed by atoms with Gasteiger partial charge < -0.3 is 39.9 Å². The molecule has 4 aromatic carbocycles. The molecular weight excluding hydrogens is 1020 g/mol. The number of nitrogens with zero attached hydrogens (tertiary/aromatic N) is 4. The Kier molecular flexibility index (Phi) is 17.7. The largest absolute Gasteiger partial charge is 0.453 e. The molecule has 8 rings (SSSR count). The van der Waals surface area contributed by atoms with Crippen LogP contribution in [0.4, 0.5) is 9.59 Å². The maximum absolute atomic E-state index is 13.7. The lowest BCUT2D eigenvalue weighted by atomic mass is 9.96. The number of amides is 4. The fourth-order valence-electron chi connectivity index (χ4n) is 9.18. The summed E-state index contributed by atoms with van der Waals surface area (Å²) in [7, 11) is -6.38. The number of hydrogen-bond donors (Lipinski definition) is 6. The molecule has 4 atom stereocenters. The van der Waals surface area contributed by atoms with E-state index in [0.29, 0.717) is 30.4 Å². The Hall–Kier alpha value is -8.02. The lowest BCUT2D eigenvalue weighted by Gasteiger charge is -2.30. The van der Waals surface area contributed by atoms with Crippen LogP contribution in [0.25, 0.3) is 33.2 Å². The summed E-state index contributed by atoms with van der Waals surface area (Å²) in [6.07, 6.45) is 5.26. The fraction of sp³-hybridized carbons (Fsp3) is 0.333. The molecule has 0 aliphatic carbocycles. The minimum Gasteiger partial charge on any atom is -0.453 e. The summed E-state index contributed by atoms with van der Waals surface area (Å²) in [5.41, 5.74) is 4.99. The zero-order valence-corrected chi connectivity index (χ0v) is 44.2. The molecule has 2 aliphatic rings. The summed E-state index contributed by atoms with van der Waals surface area (Å²) < 4.78 is 72.2. The molecule has 22 heteroatoms. The van der Waals surface area contributed by atoms with E-state index in [1.165, 1.54) is 38.5 Å². The molecule has 20 nitrogen and oxygen atoms in total. The number of ether oxygens (including phenoxy) is 2. The highest BCUT2D eigenvalue weighted by Gasteiger charge is 2.39. The Morgan fingerprint density at radius 3 is 1.64 bits per heavy atom. The van der Waals surface area contributed by atoms with Crippen LogP contribution >= 0.6 is 0 Å². The van der Waals surface area contributed by atoms with Crippen LogP contribution in [0, 0.1) is 35.5 Å². The van der Waals surface area contributed by atoms with Gasteiger partial charge in [-0.2, -0.15) is 16.8 Å². The monoisotopic (exact) mass is 1070 g/mol. The number of fused-ring (bicyclic) bond motifs is 1.